The molecule has 0 saturated carbocycles. The monoisotopic (exact) mass is 253 g/mol. The van der Waals surface area contributed by atoms with Gasteiger partial charge in [0.05, 0.1) is 0 Å². The molecule has 0 radical (unpaired) electrons. The zero-order chi connectivity index (χ0) is 13.6. The molecule has 17 heavy (non-hydrogen) atoms. The van der Waals surface area contributed by atoms with Gasteiger partial charge in [0.1, 0.15) is 18.2 Å². The molecule has 0 spiro atoms. The molecule has 0 aromatic carbocycles. The molecule has 0 aliphatic carbocycles. The fourth-order valence-corrected chi connectivity index (χ4v) is 1.12. The summed E-state index contributed by atoms with van der Waals surface area (Å²) in [5.74, 6) is -5.73. The van der Waals surface area contributed by atoms with Gasteiger partial charge in [-0.2, -0.15) is 0 Å². The Bertz CT molecular complexity index is 283. The van der Waals surface area contributed by atoms with Gasteiger partial charge in [-0.3, -0.25) is 4.79 Å². The van der Waals surface area contributed by atoms with Gasteiger partial charge in [0.2, 0.25) is 0 Å². The molecule has 5 N–H and O–H groups in total. The van der Waals surface area contributed by atoms with Crippen LogP contribution >= 0.6 is 0 Å². The zero-order valence-electron chi connectivity index (χ0n) is 9.38. The minimum absolute atomic E-state index is 0.385. The van der Waals surface area contributed by atoms with Crippen LogP contribution in [0, 0.1) is 0 Å². The maximum Gasteiger partial charge on any atom is 0.323 e. The minimum atomic E-state index is -3.98. The number of carboxylic acid groups (broad SMARTS) is 1. The van der Waals surface area contributed by atoms with Crippen LogP contribution in [0.1, 0.15) is 19.8 Å². The van der Waals surface area contributed by atoms with Crippen molar-refractivity contribution < 1.29 is 28.9 Å². The Kier molecular flexibility index (Phi) is 6.22. The van der Waals surface area contributed by atoms with E-state index in [-0.39, 0.29) is 6.42 Å². The molecule has 3 unspecified atom stereocenters. The van der Waals surface area contributed by atoms with Gasteiger partial charge in [-0.15, -0.1) is 0 Å². The molecule has 100 valence electrons. The van der Waals surface area contributed by atoms with Gasteiger partial charge in [0.25, 0.3) is 0 Å². The van der Waals surface area contributed by atoms with Gasteiger partial charge in [-0.25, -0.2) is 8.78 Å². The smallest absolute Gasteiger partial charge is 0.323 e. The van der Waals surface area contributed by atoms with Crippen LogP contribution < -0.4 is 5.73 Å². The molecule has 0 amide bonds. The Balaban J connectivity index is 4.63. The van der Waals surface area contributed by atoms with Gasteiger partial charge < -0.3 is 21.1 Å². The average Bonchev–Trinajstić information content (AvgIpc) is 2.26. The molecule has 3 atom stereocenters. The number of halogens is 2. The van der Waals surface area contributed by atoms with Crippen molar-refractivity contribution in [3.8, 4) is 0 Å². The van der Waals surface area contributed by atoms with Gasteiger partial charge in [-0.1, -0.05) is 19.1 Å². The number of aliphatic carboxylic acids is 1. The summed E-state index contributed by atoms with van der Waals surface area (Å²) in [5.41, 5.74) is 4.88. The van der Waals surface area contributed by atoms with Crippen molar-refractivity contribution >= 4 is 5.97 Å². The first-order valence-corrected chi connectivity index (χ1v) is 5.12. The maximum absolute atomic E-state index is 13.4. The second kappa shape index (κ2) is 6.63. The number of carbonyl (C=O) groups is 1. The molecule has 7 heteroatoms. The Morgan fingerprint density at radius 1 is 1.41 bits per heavy atom. The van der Waals surface area contributed by atoms with Crippen molar-refractivity contribution in [3.05, 3.63) is 12.2 Å². The highest BCUT2D eigenvalue weighted by Crippen LogP contribution is 2.27. The molecule has 0 aliphatic rings. The Labute approximate surface area is 97.5 Å². The van der Waals surface area contributed by atoms with E-state index in [4.69, 9.17) is 15.9 Å². The molecule has 0 fully saturated rings. The van der Waals surface area contributed by atoms with E-state index in [0.717, 1.165) is 0 Å². The number of rotatable bonds is 7. The van der Waals surface area contributed by atoms with E-state index in [1.165, 1.54) is 6.08 Å². The minimum Gasteiger partial charge on any atom is -0.480 e. The number of aliphatic hydroxyl groups is 2. The second-order valence-electron chi connectivity index (χ2n) is 3.61. The number of alkyl halides is 2. The molecule has 0 aromatic heterocycles. The van der Waals surface area contributed by atoms with Crippen LogP contribution in [-0.2, 0) is 4.79 Å². The molecule has 0 bridgehead atoms. The van der Waals surface area contributed by atoms with Crippen LogP contribution in [0.3, 0.4) is 0 Å². The van der Waals surface area contributed by atoms with E-state index in [1.807, 2.05) is 0 Å². The lowest BCUT2D eigenvalue weighted by atomic mass is 9.98. The van der Waals surface area contributed by atoms with Crippen molar-refractivity contribution in [2.24, 2.45) is 5.73 Å². The van der Waals surface area contributed by atoms with E-state index in [1.54, 1.807) is 13.0 Å². The summed E-state index contributed by atoms with van der Waals surface area (Å²) < 4.78 is 26.7. The van der Waals surface area contributed by atoms with Crippen LogP contribution in [0.25, 0.3) is 0 Å². The van der Waals surface area contributed by atoms with E-state index < -0.39 is 30.1 Å². The zero-order valence-corrected chi connectivity index (χ0v) is 9.38. The number of allylic oxidation sites excluding steroid dienone is 1. The molecule has 0 aromatic rings. The largest absolute Gasteiger partial charge is 0.480 e. The summed E-state index contributed by atoms with van der Waals surface area (Å²) in [6, 6.07) is -2.14. The fraction of sp³-hybridized carbons (Fsp3) is 0.700. The third-order valence-corrected chi connectivity index (χ3v) is 2.23. The molecule has 0 heterocycles. The van der Waals surface area contributed by atoms with Crippen LogP contribution in [0.5, 0.6) is 0 Å². The van der Waals surface area contributed by atoms with E-state index in [0.29, 0.717) is 6.42 Å². The summed E-state index contributed by atoms with van der Waals surface area (Å²) >= 11 is 0. The topological polar surface area (TPSA) is 104 Å². The number of carboxylic acids is 1. The molecule has 0 aliphatic heterocycles. The summed E-state index contributed by atoms with van der Waals surface area (Å²) in [6.07, 6.45) is -1.67. The van der Waals surface area contributed by atoms with Gasteiger partial charge in [0.15, 0.2) is 0 Å². The van der Waals surface area contributed by atoms with Crippen molar-refractivity contribution in [2.45, 2.75) is 43.9 Å². The predicted octanol–water partition coefficient (Wildman–Crippen LogP) is 0.112. The van der Waals surface area contributed by atoms with Crippen molar-refractivity contribution in [1.29, 1.82) is 0 Å². The maximum atomic E-state index is 13.4. The number of aliphatic hydroxyl groups excluding tert-OH is 2. The predicted molar refractivity (Wildman–Crippen MR) is 56.6 cm³/mol. The number of hydrogen-bond donors (Lipinski definition) is 4. The lowest BCUT2D eigenvalue weighted by Gasteiger charge is -2.28. The summed E-state index contributed by atoms with van der Waals surface area (Å²) in [6.45, 7) is 1.79. The van der Waals surface area contributed by atoms with E-state index in [9.17, 15) is 18.7 Å². The van der Waals surface area contributed by atoms with Gasteiger partial charge in [-0.05, 0) is 12.8 Å². The van der Waals surface area contributed by atoms with E-state index >= 15 is 0 Å². The third kappa shape index (κ3) is 4.37. The molecule has 0 saturated heterocycles. The molecular weight excluding hydrogens is 236 g/mol. The lowest BCUT2D eigenvalue weighted by Crippen LogP contribution is -2.56. The Morgan fingerprint density at radius 2 is 1.94 bits per heavy atom. The van der Waals surface area contributed by atoms with Gasteiger partial charge in [0, 0.05) is 0 Å². The standard InChI is InChI=1S/C10H17F2NO4/c1-2-3-4-5-6(14)10(11,12)8(15)7(13)9(16)17/h3-4,6-8,14-15H,2,5,13H2,1H3,(H,16,17)/b4-3+. The highest BCUT2D eigenvalue weighted by Gasteiger charge is 2.49. The van der Waals surface area contributed by atoms with Crippen LogP contribution in [-0.4, -0.2) is 45.5 Å². The quantitative estimate of drug-likeness (QED) is 0.482. The Morgan fingerprint density at radius 3 is 2.35 bits per heavy atom. The second-order valence-corrected chi connectivity index (χ2v) is 3.61. The first-order valence-electron chi connectivity index (χ1n) is 5.12. The molecule has 5 nitrogen and oxygen atoms in total. The van der Waals surface area contributed by atoms with Gasteiger partial charge >= 0.3 is 11.9 Å². The first kappa shape index (κ1) is 16.0. The third-order valence-electron chi connectivity index (χ3n) is 2.23. The Hall–Kier alpha value is -1.05. The van der Waals surface area contributed by atoms with Crippen LogP contribution in [0.15, 0.2) is 12.2 Å². The summed E-state index contributed by atoms with van der Waals surface area (Å²) in [4.78, 5) is 10.4. The van der Waals surface area contributed by atoms with Crippen molar-refractivity contribution in [1.82, 2.24) is 0 Å². The average molecular weight is 253 g/mol. The highest BCUT2D eigenvalue weighted by atomic mass is 19.3. The highest BCUT2D eigenvalue weighted by molar-refractivity contribution is 5.74. The normalized spacial score (nSPS) is 18.0. The van der Waals surface area contributed by atoms with Crippen molar-refractivity contribution in [2.75, 3.05) is 0 Å². The first-order chi connectivity index (χ1) is 7.75. The van der Waals surface area contributed by atoms with Crippen LogP contribution in [0.2, 0.25) is 0 Å². The van der Waals surface area contributed by atoms with Crippen molar-refractivity contribution in [3.63, 3.8) is 0 Å². The summed E-state index contributed by atoms with van der Waals surface area (Å²) in [5, 5.41) is 26.7. The van der Waals surface area contributed by atoms with Crippen LogP contribution in [0.4, 0.5) is 8.78 Å². The number of hydrogen-bond acceptors (Lipinski definition) is 4. The molecule has 0 rings (SSSR count). The lowest BCUT2D eigenvalue weighted by molar-refractivity contribution is -0.187. The summed E-state index contributed by atoms with van der Waals surface area (Å²) in [7, 11) is 0. The number of nitrogens with two attached hydrogens (primary N) is 1. The SMILES string of the molecule is CC/C=C/CC(O)C(F)(F)C(O)C(N)C(=O)O. The van der Waals surface area contributed by atoms with E-state index in [2.05, 4.69) is 0 Å². The fourth-order valence-electron chi connectivity index (χ4n) is 1.12. The molecular formula is C10H17F2NO4.